The summed E-state index contributed by atoms with van der Waals surface area (Å²) in [6.07, 6.45) is 0.321. The maximum Gasteiger partial charge on any atom is 0.127 e. The van der Waals surface area contributed by atoms with Crippen LogP contribution in [-0.2, 0) is 4.74 Å². The molecule has 1 saturated heterocycles. The van der Waals surface area contributed by atoms with E-state index in [4.69, 9.17) is 10.5 Å². The van der Waals surface area contributed by atoms with Crippen LogP contribution in [0.25, 0.3) is 0 Å². The molecule has 2 unspecified atom stereocenters. The van der Waals surface area contributed by atoms with Crippen molar-refractivity contribution in [1.29, 1.82) is 0 Å². The highest BCUT2D eigenvalue weighted by Gasteiger charge is 2.22. The van der Waals surface area contributed by atoms with Gasteiger partial charge in [-0.05, 0) is 32.0 Å². The van der Waals surface area contributed by atoms with E-state index in [2.05, 4.69) is 4.90 Å². The Bertz CT molecular complexity index is 359. The molecule has 3 nitrogen and oxygen atoms in total. The van der Waals surface area contributed by atoms with Gasteiger partial charge in [-0.15, -0.1) is 12.4 Å². The molecule has 1 aliphatic rings. The first-order valence-corrected chi connectivity index (χ1v) is 5.51. The molecular weight excluding hydrogens is 243 g/mol. The van der Waals surface area contributed by atoms with E-state index in [0.29, 0.717) is 5.69 Å². The lowest BCUT2D eigenvalue weighted by molar-refractivity contribution is -0.00523. The van der Waals surface area contributed by atoms with Crippen molar-refractivity contribution in [2.45, 2.75) is 26.1 Å². The Kier molecular flexibility index (Phi) is 4.60. The Balaban J connectivity index is 0.00000144. The van der Waals surface area contributed by atoms with Gasteiger partial charge in [0.1, 0.15) is 5.82 Å². The van der Waals surface area contributed by atoms with Crippen LogP contribution >= 0.6 is 12.4 Å². The number of ether oxygens (including phenoxy) is 1. The topological polar surface area (TPSA) is 38.5 Å². The zero-order valence-electron chi connectivity index (χ0n) is 10.0. The number of benzene rings is 1. The SMILES string of the molecule is CC1CN(c2cc(N)cc(F)c2)CC(C)O1.Cl. The van der Waals surface area contributed by atoms with Crippen LogP contribution in [0, 0.1) is 5.82 Å². The fraction of sp³-hybridized carbons (Fsp3) is 0.500. The number of hydrogen-bond donors (Lipinski definition) is 1. The van der Waals surface area contributed by atoms with Crippen LogP contribution in [-0.4, -0.2) is 25.3 Å². The number of nitrogens with two attached hydrogens (primary N) is 1. The summed E-state index contributed by atoms with van der Waals surface area (Å²) in [5.41, 5.74) is 6.93. The first-order valence-electron chi connectivity index (χ1n) is 5.51. The number of morpholine rings is 1. The van der Waals surface area contributed by atoms with Crippen molar-refractivity contribution in [3.05, 3.63) is 24.0 Å². The molecule has 1 aromatic rings. The van der Waals surface area contributed by atoms with Crippen LogP contribution in [0.2, 0.25) is 0 Å². The summed E-state index contributed by atoms with van der Waals surface area (Å²) >= 11 is 0. The molecule has 5 heteroatoms. The van der Waals surface area contributed by atoms with Gasteiger partial charge in [0.25, 0.3) is 0 Å². The monoisotopic (exact) mass is 260 g/mol. The summed E-state index contributed by atoms with van der Waals surface area (Å²) in [6, 6.07) is 4.64. The second-order valence-electron chi connectivity index (χ2n) is 4.41. The molecule has 0 aliphatic carbocycles. The highest BCUT2D eigenvalue weighted by Crippen LogP contribution is 2.23. The molecule has 1 aliphatic heterocycles. The Hall–Kier alpha value is -1.00. The third-order valence-electron chi connectivity index (χ3n) is 2.69. The van der Waals surface area contributed by atoms with Crippen LogP contribution in [0.4, 0.5) is 15.8 Å². The largest absolute Gasteiger partial charge is 0.399 e. The lowest BCUT2D eigenvalue weighted by Gasteiger charge is -2.36. The molecule has 1 fully saturated rings. The van der Waals surface area contributed by atoms with Crippen LogP contribution in [0.1, 0.15) is 13.8 Å². The van der Waals surface area contributed by atoms with Gasteiger partial charge in [-0.1, -0.05) is 0 Å². The zero-order chi connectivity index (χ0) is 11.7. The predicted molar refractivity (Wildman–Crippen MR) is 70.3 cm³/mol. The number of nitrogens with zero attached hydrogens (tertiary/aromatic N) is 1. The zero-order valence-corrected chi connectivity index (χ0v) is 10.8. The minimum Gasteiger partial charge on any atom is -0.399 e. The van der Waals surface area contributed by atoms with Crippen LogP contribution < -0.4 is 10.6 Å². The van der Waals surface area contributed by atoms with Crippen molar-refractivity contribution in [2.24, 2.45) is 0 Å². The van der Waals surface area contributed by atoms with E-state index in [1.165, 1.54) is 12.1 Å². The Labute approximate surface area is 107 Å². The van der Waals surface area contributed by atoms with E-state index in [1.807, 2.05) is 13.8 Å². The minimum absolute atomic E-state index is 0. The van der Waals surface area contributed by atoms with Gasteiger partial charge in [-0.2, -0.15) is 0 Å². The molecular formula is C12H18ClFN2O. The van der Waals surface area contributed by atoms with Gasteiger partial charge in [-0.3, -0.25) is 0 Å². The lowest BCUT2D eigenvalue weighted by Crippen LogP contribution is -2.45. The van der Waals surface area contributed by atoms with Gasteiger partial charge < -0.3 is 15.4 Å². The second kappa shape index (κ2) is 5.56. The van der Waals surface area contributed by atoms with Crippen molar-refractivity contribution in [3.8, 4) is 0 Å². The molecule has 2 rings (SSSR count). The summed E-state index contributed by atoms with van der Waals surface area (Å²) in [4.78, 5) is 2.11. The Morgan fingerprint density at radius 3 is 2.35 bits per heavy atom. The average molecular weight is 261 g/mol. The Morgan fingerprint density at radius 1 is 1.24 bits per heavy atom. The number of nitrogen functional groups attached to an aromatic ring is 1. The van der Waals surface area contributed by atoms with Crippen molar-refractivity contribution in [3.63, 3.8) is 0 Å². The van der Waals surface area contributed by atoms with Gasteiger partial charge in [0, 0.05) is 24.5 Å². The van der Waals surface area contributed by atoms with Crippen LogP contribution in [0.5, 0.6) is 0 Å². The maximum absolute atomic E-state index is 13.2. The standard InChI is InChI=1S/C12H17FN2O.ClH/c1-8-6-15(7-9(2)16-8)12-4-10(13)3-11(14)5-12;/h3-5,8-9H,6-7,14H2,1-2H3;1H. The normalized spacial score (nSPS) is 24.3. The third kappa shape index (κ3) is 3.48. The first-order chi connectivity index (χ1) is 7.54. The van der Waals surface area contributed by atoms with Crippen LogP contribution in [0.15, 0.2) is 18.2 Å². The summed E-state index contributed by atoms with van der Waals surface area (Å²) in [5, 5.41) is 0. The van der Waals surface area contributed by atoms with E-state index in [0.717, 1.165) is 18.8 Å². The molecule has 0 aromatic heterocycles. The molecule has 0 radical (unpaired) electrons. The van der Waals surface area contributed by atoms with Gasteiger partial charge in [0.15, 0.2) is 0 Å². The van der Waals surface area contributed by atoms with E-state index in [1.54, 1.807) is 6.07 Å². The number of anilines is 2. The van der Waals surface area contributed by atoms with Gasteiger partial charge >= 0.3 is 0 Å². The molecule has 0 amide bonds. The second-order valence-corrected chi connectivity index (χ2v) is 4.41. The summed E-state index contributed by atoms with van der Waals surface area (Å²) in [7, 11) is 0. The van der Waals surface area contributed by atoms with Crippen LogP contribution in [0.3, 0.4) is 0 Å². The van der Waals surface area contributed by atoms with Gasteiger partial charge in [0.05, 0.1) is 12.2 Å². The molecule has 17 heavy (non-hydrogen) atoms. The highest BCUT2D eigenvalue weighted by molar-refractivity contribution is 5.85. The fourth-order valence-corrected chi connectivity index (χ4v) is 2.17. The summed E-state index contributed by atoms with van der Waals surface area (Å²) in [6.45, 7) is 5.58. The summed E-state index contributed by atoms with van der Waals surface area (Å²) < 4.78 is 18.9. The molecule has 0 spiro atoms. The molecule has 0 saturated carbocycles. The highest BCUT2D eigenvalue weighted by atomic mass is 35.5. The van der Waals surface area contributed by atoms with Crippen molar-refractivity contribution < 1.29 is 9.13 Å². The van der Waals surface area contributed by atoms with Gasteiger partial charge in [0.2, 0.25) is 0 Å². The molecule has 2 N–H and O–H groups in total. The van der Waals surface area contributed by atoms with Gasteiger partial charge in [-0.25, -0.2) is 4.39 Å². The first kappa shape index (κ1) is 14.1. The molecule has 1 aromatic carbocycles. The fourth-order valence-electron chi connectivity index (χ4n) is 2.17. The third-order valence-corrected chi connectivity index (χ3v) is 2.69. The molecule has 2 atom stereocenters. The number of halogens is 2. The van der Waals surface area contributed by atoms with E-state index in [-0.39, 0.29) is 30.4 Å². The smallest absolute Gasteiger partial charge is 0.127 e. The number of hydrogen-bond acceptors (Lipinski definition) is 3. The van der Waals surface area contributed by atoms with Crippen molar-refractivity contribution in [1.82, 2.24) is 0 Å². The average Bonchev–Trinajstić information content (AvgIpc) is 2.14. The predicted octanol–water partition coefficient (Wildman–Crippen LogP) is 2.44. The van der Waals surface area contributed by atoms with E-state index >= 15 is 0 Å². The lowest BCUT2D eigenvalue weighted by atomic mass is 10.2. The Morgan fingerprint density at radius 2 is 1.82 bits per heavy atom. The maximum atomic E-state index is 13.2. The van der Waals surface area contributed by atoms with Crippen molar-refractivity contribution >= 4 is 23.8 Å². The summed E-state index contributed by atoms with van der Waals surface area (Å²) in [5.74, 6) is -0.290. The number of rotatable bonds is 1. The molecule has 1 heterocycles. The minimum atomic E-state index is -0.290. The molecule has 96 valence electrons. The van der Waals surface area contributed by atoms with E-state index in [9.17, 15) is 4.39 Å². The molecule has 0 bridgehead atoms. The quantitative estimate of drug-likeness (QED) is 0.789. The van der Waals surface area contributed by atoms with E-state index < -0.39 is 0 Å². The van der Waals surface area contributed by atoms with Crippen molar-refractivity contribution in [2.75, 3.05) is 23.7 Å².